The summed E-state index contributed by atoms with van der Waals surface area (Å²) in [5.74, 6) is 1.11. The molecule has 0 spiro atoms. The molecule has 2 heterocycles. The molecule has 0 fully saturated rings. The fraction of sp³-hybridized carbons (Fsp3) is 0.316. The molecule has 3 aromatic rings. The van der Waals surface area contributed by atoms with Crippen LogP contribution in [0.4, 0.5) is 0 Å². The first-order chi connectivity index (χ1) is 11.2. The summed E-state index contributed by atoms with van der Waals surface area (Å²) in [5, 5.41) is 0. The van der Waals surface area contributed by atoms with Crippen LogP contribution in [0.1, 0.15) is 31.0 Å². The van der Waals surface area contributed by atoms with Crippen LogP contribution >= 0.6 is 0 Å². The van der Waals surface area contributed by atoms with Crippen LogP contribution in [0.3, 0.4) is 0 Å². The van der Waals surface area contributed by atoms with Gasteiger partial charge in [-0.1, -0.05) is 13.0 Å². The molecule has 1 aromatic carbocycles. The number of fused-ring (bicyclic) bond motifs is 1. The highest BCUT2D eigenvalue weighted by Crippen LogP contribution is 2.31. The van der Waals surface area contributed by atoms with E-state index in [1.165, 1.54) is 0 Å². The fourth-order valence-electron chi connectivity index (χ4n) is 2.89. The molecule has 0 saturated carbocycles. The van der Waals surface area contributed by atoms with E-state index >= 15 is 0 Å². The first-order valence-corrected chi connectivity index (χ1v) is 8.06. The summed E-state index contributed by atoms with van der Waals surface area (Å²) in [6.07, 6.45) is 2.06. The third kappa shape index (κ3) is 2.82. The van der Waals surface area contributed by atoms with E-state index in [1.807, 2.05) is 19.1 Å². The molecule has 4 heteroatoms. The quantitative estimate of drug-likeness (QED) is 0.780. The Hall–Kier alpha value is -2.33. The molecule has 2 N–H and O–H groups in total. The second-order valence-corrected chi connectivity index (χ2v) is 5.82. The smallest absolute Gasteiger partial charge is 0.140 e. The molecule has 0 bridgehead atoms. The molecule has 0 aliphatic rings. The highest BCUT2D eigenvalue weighted by atomic mass is 16.5. The number of rotatable bonds is 5. The van der Waals surface area contributed by atoms with E-state index in [1.54, 1.807) is 0 Å². The molecule has 0 amide bonds. The largest absolute Gasteiger partial charge is 0.494 e. The van der Waals surface area contributed by atoms with E-state index in [0.717, 1.165) is 33.9 Å². The summed E-state index contributed by atoms with van der Waals surface area (Å²) in [7, 11) is 0. The Bertz CT molecular complexity index is 805. The van der Waals surface area contributed by atoms with E-state index in [9.17, 15) is 0 Å². The normalized spacial score (nSPS) is 12.5. The minimum absolute atomic E-state index is 0.230. The zero-order valence-corrected chi connectivity index (χ0v) is 13.9. The third-order valence-corrected chi connectivity index (χ3v) is 4.14. The minimum atomic E-state index is 0.230. The molecule has 0 saturated heterocycles. The van der Waals surface area contributed by atoms with Gasteiger partial charge in [-0.05, 0) is 49.7 Å². The number of aromatic nitrogens is 2. The molecule has 0 aliphatic carbocycles. The van der Waals surface area contributed by atoms with Gasteiger partial charge in [-0.3, -0.25) is 0 Å². The summed E-state index contributed by atoms with van der Waals surface area (Å²) in [5.41, 5.74) is 11.3. The Balaban J connectivity index is 2.17. The van der Waals surface area contributed by atoms with Gasteiger partial charge in [0.15, 0.2) is 0 Å². The van der Waals surface area contributed by atoms with Crippen LogP contribution in [0.5, 0.6) is 5.75 Å². The fourth-order valence-corrected chi connectivity index (χ4v) is 2.89. The lowest BCUT2D eigenvalue weighted by molar-refractivity contribution is 0.340. The van der Waals surface area contributed by atoms with Gasteiger partial charge in [-0.2, -0.15) is 0 Å². The van der Waals surface area contributed by atoms with Gasteiger partial charge < -0.3 is 14.9 Å². The number of nitrogens with zero attached hydrogens (tertiary/aromatic N) is 2. The number of aryl methyl sites for hydroxylation is 1. The van der Waals surface area contributed by atoms with Gasteiger partial charge in [0.2, 0.25) is 0 Å². The first kappa shape index (κ1) is 15.6. The molecular weight excluding hydrogens is 286 g/mol. The van der Waals surface area contributed by atoms with Crippen LogP contribution in [0, 0.1) is 6.92 Å². The van der Waals surface area contributed by atoms with Crippen molar-refractivity contribution in [1.82, 2.24) is 9.38 Å². The zero-order chi connectivity index (χ0) is 16.4. The van der Waals surface area contributed by atoms with Crippen molar-refractivity contribution in [2.45, 2.75) is 26.7 Å². The van der Waals surface area contributed by atoms with Crippen molar-refractivity contribution in [1.29, 1.82) is 0 Å². The molecule has 2 aromatic heterocycles. The maximum atomic E-state index is 5.94. The number of nitrogens with two attached hydrogens (primary N) is 1. The lowest BCUT2D eigenvalue weighted by atomic mass is 10.0. The molecule has 4 nitrogen and oxygen atoms in total. The van der Waals surface area contributed by atoms with Crippen molar-refractivity contribution in [3.63, 3.8) is 0 Å². The molecule has 1 atom stereocenters. The standard InChI is InChI=1S/C19H23N3O/c1-4-23-16-9-7-15(8-10-16)17-18(14(3)12-20)22-11-5-6-13(2)19(22)21-17/h5-11,14H,4,12,20H2,1-3H3. The second-order valence-electron chi connectivity index (χ2n) is 5.82. The summed E-state index contributed by atoms with van der Waals surface area (Å²) in [6.45, 7) is 7.47. The molecular formula is C19H23N3O. The average molecular weight is 309 g/mol. The maximum Gasteiger partial charge on any atom is 0.140 e. The Morgan fingerprint density at radius 3 is 2.61 bits per heavy atom. The molecule has 0 radical (unpaired) electrons. The number of hydrogen-bond donors (Lipinski definition) is 1. The first-order valence-electron chi connectivity index (χ1n) is 8.06. The molecule has 1 unspecified atom stereocenters. The predicted octanol–water partition coefficient (Wildman–Crippen LogP) is 3.77. The number of imidazole rings is 1. The maximum absolute atomic E-state index is 5.94. The summed E-state index contributed by atoms with van der Waals surface area (Å²) >= 11 is 0. The van der Waals surface area contributed by atoms with Gasteiger partial charge in [0.05, 0.1) is 18.0 Å². The zero-order valence-electron chi connectivity index (χ0n) is 13.9. The van der Waals surface area contributed by atoms with Gasteiger partial charge in [0.1, 0.15) is 11.4 Å². The van der Waals surface area contributed by atoms with Crippen LogP contribution in [0.25, 0.3) is 16.9 Å². The Morgan fingerprint density at radius 1 is 1.22 bits per heavy atom. The predicted molar refractivity (Wildman–Crippen MR) is 94.0 cm³/mol. The Kier molecular flexibility index (Phi) is 4.35. The van der Waals surface area contributed by atoms with E-state index < -0.39 is 0 Å². The van der Waals surface area contributed by atoms with Crippen LogP contribution in [-0.2, 0) is 0 Å². The molecule has 23 heavy (non-hydrogen) atoms. The molecule has 3 rings (SSSR count). The van der Waals surface area contributed by atoms with Crippen molar-refractivity contribution in [2.75, 3.05) is 13.2 Å². The lowest BCUT2D eigenvalue weighted by Crippen LogP contribution is -2.12. The lowest BCUT2D eigenvalue weighted by Gasteiger charge is -2.12. The van der Waals surface area contributed by atoms with Crippen LogP contribution in [0.2, 0.25) is 0 Å². The van der Waals surface area contributed by atoms with Crippen LogP contribution in [-0.4, -0.2) is 22.5 Å². The summed E-state index contributed by atoms with van der Waals surface area (Å²) < 4.78 is 7.69. The van der Waals surface area contributed by atoms with Crippen molar-refractivity contribution in [3.05, 3.63) is 53.9 Å². The summed E-state index contributed by atoms with van der Waals surface area (Å²) in [4.78, 5) is 4.89. The van der Waals surface area contributed by atoms with Gasteiger partial charge in [0.25, 0.3) is 0 Å². The number of ether oxygens (including phenoxy) is 1. The van der Waals surface area contributed by atoms with Gasteiger partial charge >= 0.3 is 0 Å². The monoisotopic (exact) mass is 309 g/mol. The topological polar surface area (TPSA) is 52.5 Å². The number of benzene rings is 1. The molecule has 0 aliphatic heterocycles. The minimum Gasteiger partial charge on any atom is -0.494 e. The summed E-state index contributed by atoms with van der Waals surface area (Å²) in [6, 6.07) is 12.3. The van der Waals surface area contributed by atoms with Gasteiger partial charge in [-0.15, -0.1) is 0 Å². The van der Waals surface area contributed by atoms with E-state index in [2.05, 4.69) is 48.7 Å². The van der Waals surface area contributed by atoms with E-state index in [4.69, 9.17) is 15.5 Å². The van der Waals surface area contributed by atoms with E-state index in [-0.39, 0.29) is 5.92 Å². The average Bonchev–Trinajstić information content (AvgIpc) is 2.96. The number of hydrogen-bond acceptors (Lipinski definition) is 3. The second kappa shape index (κ2) is 6.42. The number of pyridine rings is 1. The SMILES string of the molecule is CCOc1ccc(-c2nc3c(C)cccn3c2C(C)CN)cc1. The van der Waals surface area contributed by atoms with Crippen LogP contribution in [0.15, 0.2) is 42.6 Å². The van der Waals surface area contributed by atoms with Gasteiger partial charge in [-0.25, -0.2) is 4.98 Å². The third-order valence-electron chi connectivity index (χ3n) is 4.14. The van der Waals surface area contributed by atoms with Crippen molar-refractivity contribution in [3.8, 4) is 17.0 Å². The van der Waals surface area contributed by atoms with Crippen LogP contribution < -0.4 is 10.5 Å². The Labute approximate surface area is 136 Å². The van der Waals surface area contributed by atoms with Crippen molar-refractivity contribution in [2.24, 2.45) is 5.73 Å². The van der Waals surface area contributed by atoms with Crippen molar-refractivity contribution >= 4 is 5.65 Å². The van der Waals surface area contributed by atoms with Gasteiger partial charge in [0, 0.05) is 24.2 Å². The highest BCUT2D eigenvalue weighted by molar-refractivity contribution is 5.69. The molecule has 120 valence electrons. The highest BCUT2D eigenvalue weighted by Gasteiger charge is 2.19. The van der Waals surface area contributed by atoms with Crippen molar-refractivity contribution < 1.29 is 4.74 Å². The Morgan fingerprint density at radius 2 is 1.96 bits per heavy atom. The van der Waals surface area contributed by atoms with E-state index in [0.29, 0.717) is 13.2 Å².